The van der Waals surface area contributed by atoms with E-state index in [1.54, 1.807) is 13.0 Å². The molecule has 0 aliphatic carbocycles. The number of carbonyl (C=O) groups is 1. The molecule has 1 aromatic rings. The summed E-state index contributed by atoms with van der Waals surface area (Å²) in [6, 6.07) is 1.25. The Hall–Kier alpha value is -1.36. The molecule has 0 saturated carbocycles. The molecular weight excluding hydrogens is 276 g/mol. The number of hydrogen-bond donors (Lipinski definition) is 2. The van der Waals surface area contributed by atoms with E-state index in [4.69, 9.17) is 11.6 Å². The van der Waals surface area contributed by atoms with Crippen molar-refractivity contribution in [3.05, 3.63) is 17.0 Å². The number of halogens is 1. The zero-order chi connectivity index (χ0) is 15.3. The molecule has 0 fully saturated rings. The number of anilines is 1. The molecular formula is C14H23ClN4O. The first kappa shape index (κ1) is 16.7. The monoisotopic (exact) mass is 298 g/mol. The van der Waals surface area contributed by atoms with Crippen LogP contribution in [0, 0.1) is 5.92 Å². The maximum absolute atomic E-state index is 11.9. The van der Waals surface area contributed by atoms with Crippen LogP contribution in [0.4, 0.5) is 5.82 Å². The van der Waals surface area contributed by atoms with Crippen LogP contribution in [0.15, 0.2) is 6.07 Å². The summed E-state index contributed by atoms with van der Waals surface area (Å²) >= 11 is 5.97. The number of carbonyl (C=O) groups excluding carboxylic acids is 1. The van der Waals surface area contributed by atoms with Crippen molar-refractivity contribution in [1.82, 2.24) is 15.3 Å². The minimum Gasteiger partial charge on any atom is -0.358 e. The number of nitrogens with zero attached hydrogens (tertiary/aromatic N) is 2. The quantitative estimate of drug-likeness (QED) is 0.793. The zero-order valence-electron chi connectivity index (χ0n) is 12.7. The van der Waals surface area contributed by atoms with Crippen LogP contribution in [0.3, 0.4) is 0 Å². The van der Waals surface area contributed by atoms with Gasteiger partial charge in [-0.1, -0.05) is 39.3 Å². The molecule has 2 N–H and O–H groups in total. The molecule has 0 radical (unpaired) electrons. The molecule has 20 heavy (non-hydrogen) atoms. The molecule has 1 amide bonds. The second-order valence-corrected chi connectivity index (χ2v) is 5.98. The summed E-state index contributed by atoms with van der Waals surface area (Å²) in [7, 11) is 0. The Morgan fingerprint density at radius 2 is 1.90 bits per heavy atom. The summed E-state index contributed by atoms with van der Waals surface area (Å²) in [5.74, 6) is 1.78. The van der Waals surface area contributed by atoms with E-state index in [2.05, 4.69) is 34.4 Å². The fourth-order valence-corrected chi connectivity index (χ4v) is 1.70. The van der Waals surface area contributed by atoms with E-state index >= 15 is 0 Å². The molecule has 0 aromatic carbocycles. The number of hydrogen-bond acceptors (Lipinski definition) is 4. The third-order valence-electron chi connectivity index (χ3n) is 2.67. The molecule has 0 aliphatic heterocycles. The summed E-state index contributed by atoms with van der Waals surface area (Å²) in [5.41, 5.74) is 0. The fraction of sp³-hybridized carbons (Fsp3) is 0.643. The maximum Gasteiger partial charge on any atom is 0.242 e. The van der Waals surface area contributed by atoms with Crippen molar-refractivity contribution in [2.45, 2.75) is 46.6 Å². The topological polar surface area (TPSA) is 66.9 Å². The molecule has 0 bridgehead atoms. The highest BCUT2D eigenvalue weighted by Crippen LogP contribution is 2.17. The van der Waals surface area contributed by atoms with Crippen LogP contribution in [0.2, 0.25) is 5.15 Å². The van der Waals surface area contributed by atoms with Crippen molar-refractivity contribution in [3.63, 3.8) is 0 Å². The Morgan fingerprint density at radius 1 is 1.25 bits per heavy atom. The van der Waals surface area contributed by atoms with Gasteiger partial charge in [-0.05, 0) is 12.8 Å². The second-order valence-electron chi connectivity index (χ2n) is 5.59. The van der Waals surface area contributed by atoms with Crippen molar-refractivity contribution in [2.75, 3.05) is 11.9 Å². The highest BCUT2D eigenvalue weighted by atomic mass is 35.5. The molecule has 6 heteroatoms. The van der Waals surface area contributed by atoms with Crippen LogP contribution in [-0.2, 0) is 4.79 Å². The van der Waals surface area contributed by atoms with Crippen molar-refractivity contribution in [2.24, 2.45) is 5.92 Å². The van der Waals surface area contributed by atoms with Gasteiger partial charge in [-0.3, -0.25) is 4.79 Å². The van der Waals surface area contributed by atoms with Crippen LogP contribution in [0.25, 0.3) is 0 Å². The van der Waals surface area contributed by atoms with Gasteiger partial charge in [-0.15, -0.1) is 0 Å². The molecule has 1 rings (SSSR count). The smallest absolute Gasteiger partial charge is 0.242 e. The van der Waals surface area contributed by atoms with Crippen LogP contribution < -0.4 is 10.6 Å². The van der Waals surface area contributed by atoms with Crippen LogP contribution in [-0.4, -0.2) is 28.5 Å². The second kappa shape index (κ2) is 7.43. The van der Waals surface area contributed by atoms with Crippen molar-refractivity contribution >= 4 is 23.3 Å². The fourth-order valence-electron chi connectivity index (χ4n) is 1.51. The molecule has 1 unspecified atom stereocenters. The molecule has 112 valence electrons. The van der Waals surface area contributed by atoms with E-state index in [1.165, 1.54) is 0 Å². The Morgan fingerprint density at radius 3 is 2.45 bits per heavy atom. The van der Waals surface area contributed by atoms with Crippen LogP contribution in [0.1, 0.15) is 46.4 Å². The highest BCUT2D eigenvalue weighted by molar-refractivity contribution is 6.29. The Balaban J connectivity index is 2.70. The van der Waals surface area contributed by atoms with Crippen molar-refractivity contribution < 1.29 is 4.79 Å². The van der Waals surface area contributed by atoms with Gasteiger partial charge in [0.25, 0.3) is 0 Å². The first-order chi connectivity index (χ1) is 9.29. The van der Waals surface area contributed by atoms with Gasteiger partial charge in [0.15, 0.2) is 0 Å². The summed E-state index contributed by atoms with van der Waals surface area (Å²) < 4.78 is 0. The van der Waals surface area contributed by atoms with Crippen LogP contribution in [0.5, 0.6) is 0 Å². The number of amides is 1. The van der Waals surface area contributed by atoms with E-state index < -0.39 is 0 Å². The van der Waals surface area contributed by atoms with Gasteiger partial charge in [-0.2, -0.15) is 0 Å². The molecule has 1 aromatic heterocycles. The average molecular weight is 299 g/mol. The lowest BCUT2D eigenvalue weighted by Gasteiger charge is -2.16. The van der Waals surface area contributed by atoms with Gasteiger partial charge < -0.3 is 10.6 Å². The predicted octanol–water partition coefficient (Wildman–Crippen LogP) is 2.83. The minimum absolute atomic E-state index is 0.0560. The molecule has 1 atom stereocenters. The minimum atomic E-state index is -0.375. The van der Waals surface area contributed by atoms with Gasteiger partial charge in [0.05, 0.1) is 0 Å². The van der Waals surface area contributed by atoms with Crippen LogP contribution >= 0.6 is 11.6 Å². The van der Waals surface area contributed by atoms with Gasteiger partial charge in [0, 0.05) is 18.5 Å². The van der Waals surface area contributed by atoms with E-state index in [1.807, 2.05) is 13.8 Å². The number of aromatic nitrogens is 2. The van der Waals surface area contributed by atoms with Gasteiger partial charge in [0.2, 0.25) is 5.91 Å². The van der Waals surface area contributed by atoms with Gasteiger partial charge in [0.1, 0.15) is 22.8 Å². The molecule has 0 spiro atoms. The van der Waals surface area contributed by atoms with Gasteiger partial charge in [-0.25, -0.2) is 9.97 Å². The summed E-state index contributed by atoms with van der Waals surface area (Å²) in [5, 5.41) is 6.31. The standard InChI is InChI=1S/C14H23ClN4O/c1-8(2)7-16-14(20)10(5)17-12-6-11(15)18-13(19-12)9(3)4/h6,8-10H,7H2,1-5H3,(H,16,20)(H,17,18,19). The Bertz CT molecular complexity index is 462. The van der Waals surface area contributed by atoms with Gasteiger partial charge >= 0.3 is 0 Å². The summed E-state index contributed by atoms with van der Waals surface area (Å²) in [4.78, 5) is 20.4. The lowest BCUT2D eigenvalue weighted by atomic mass is 10.2. The number of nitrogens with one attached hydrogen (secondary N) is 2. The first-order valence-corrected chi connectivity index (χ1v) is 7.26. The third-order valence-corrected chi connectivity index (χ3v) is 2.86. The lowest BCUT2D eigenvalue weighted by molar-refractivity contribution is -0.121. The third kappa shape index (κ3) is 5.33. The molecule has 0 saturated heterocycles. The molecule has 0 aliphatic rings. The lowest BCUT2D eigenvalue weighted by Crippen LogP contribution is -2.39. The van der Waals surface area contributed by atoms with E-state index in [-0.39, 0.29) is 17.9 Å². The average Bonchev–Trinajstić information content (AvgIpc) is 2.34. The molecule has 1 heterocycles. The normalized spacial score (nSPS) is 12.6. The highest BCUT2D eigenvalue weighted by Gasteiger charge is 2.14. The van der Waals surface area contributed by atoms with Crippen molar-refractivity contribution in [1.29, 1.82) is 0 Å². The van der Waals surface area contributed by atoms with E-state index in [0.717, 1.165) is 0 Å². The Kier molecular flexibility index (Phi) is 6.20. The maximum atomic E-state index is 11.9. The van der Waals surface area contributed by atoms with E-state index in [0.29, 0.717) is 29.3 Å². The summed E-state index contributed by atoms with van der Waals surface area (Å²) in [6.07, 6.45) is 0. The zero-order valence-corrected chi connectivity index (χ0v) is 13.5. The van der Waals surface area contributed by atoms with Crippen molar-refractivity contribution in [3.8, 4) is 0 Å². The predicted molar refractivity (Wildman–Crippen MR) is 82.1 cm³/mol. The number of rotatable bonds is 6. The molecule has 5 nitrogen and oxygen atoms in total. The largest absolute Gasteiger partial charge is 0.358 e. The Labute approximate surface area is 125 Å². The van der Waals surface area contributed by atoms with E-state index in [9.17, 15) is 4.79 Å². The first-order valence-electron chi connectivity index (χ1n) is 6.88. The summed E-state index contributed by atoms with van der Waals surface area (Å²) in [6.45, 7) is 10.5. The SMILES string of the molecule is CC(C)CNC(=O)C(C)Nc1cc(Cl)nc(C(C)C)n1.